The van der Waals surface area contributed by atoms with Crippen molar-refractivity contribution in [2.24, 2.45) is 7.05 Å². The first-order valence-electron chi connectivity index (χ1n) is 6.38. The van der Waals surface area contributed by atoms with Crippen molar-refractivity contribution in [1.29, 1.82) is 0 Å². The van der Waals surface area contributed by atoms with Crippen LogP contribution in [0.1, 0.15) is 5.56 Å². The van der Waals surface area contributed by atoms with Crippen molar-refractivity contribution in [1.82, 2.24) is 15.1 Å². The maximum Gasteiger partial charge on any atom is 0.326 e. The van der Waals surface area contributed by atoms with E-state index < -0.39 is 18.0 Å². The van der Waals surface area contributed by atoms with Gasteiger partial charge >= 0.3 is 12.0 Å². The molecule has 7 heteroatoms. The van der Waals surface area contributed by atoms with Crippen LogP contribution >= 0.6 is 0 Å². The van der Waals surface area contributed by atoms with Crippen molar-refractivity contribution in [3.05, 3.63) is 48.2 Å². The number of hydrogen-bond acceptors (Lipinski definition) is 3. The molecule has 0 aliphatic carbocycles. The first kappa shape index (κ1) is 14.6. The molecule has 0 bridgehead atoms. The van der Waals surface area contributed by atoms with Crippen LogP contribution in [0.25, 0.3) is 0 Å². The quantitative estimate of drug-likeness (QED) is 0.771. The summed E-state index contributed by atoms with van der Waals surface area (Å²) in [6.45, 7) is 0. The SMILES string of the molecule is Cn1ccc(NC(=O)N[C@H](Cc2ccccc2)C(=O)O)n1. The van der Waals surface area contributed by atoms with Crippen molar-refractivity contribution in [3.8, 4) is 0 Å². The lowest BCUT2D eigenvalue weighted by molar-refractivity contribution is -0.139. The fourth-order valence-corrected chi connectivity index (χ4v) is 1.84. The number of nitrogens with one attached hydrogen (secondary N) is 2. The van der Waals surface area contributed by atoms with Gasteiger partial charge in [0.25, 0.3) is 0 Å². The Bertz CT molecular complexity index is 624. The Balaban J connectivity index is 1.96. The van der Waals surface area contributed by atoms with Crippen molar-refractivity contribution >= 4 is 17.8 Å². The Labute approximate surface area is 121 Å². The predicted molar refractivity (Wildman–Crippen MR) is 76.9 cm³/mol. The van der Waals surface area contributed by atoms with Crippen molar-refractivity contribution in [2.45, 2.75) is 12.5 Å². The zero-order valence-electron chi connectivity index (χ0n) is 11.5. The number of aryl methyl sites for hydroxylation is 1. The molecule has 0 aliphatic heterocycles. The minimum atomic E-state index is -1.09. The summed E-state index contributed by atoms with van der Waals surface area (Å²) < 4.78 is 1.54. The molecule has 1 heterocycles. The van der Waals surface area contributed by atoms with Crippen LogP contribution in [0.2, 0.25) is 0 Å². The zero-order valence-corrected chi connectivity index (χ0v) is 11.5. The number of benzene rings is 1. The average Bonchev–Trinajstić information content (AvgIpc) is 2.84. The van der Waals surface area contributed by atoms with E-state index in [1.165, 1.54) is 4.68 Å². The Kier molecular flexibility index (Phi) is 4.55. The van der Waals surface area contributed by atoms with E-state index in [0.717, 1.165) is 5.56 Å². The van der Waals surface area contributed by atoms with Gasteiger partial charge in [0, 0.05) is 25.7 Å². The van der Waals surface area contributed by atoms with Crippen LogP contribution in [-0.4, -0.2) is 32.9 Å². The molecule has 1 aromatic heterocycles. The molecule has 2 amide bonds. The summed E-state index contributed by atoms with van der Waals surface area (Å²) in [5.41, 5.74) is 0.836. The summed E-state index contributed by atoms with van der Waals surface area (Å²) in [6.07, 6.45) is 1.89. The lowest BCUT2D eigenvalue weighted by Gasteiger charge is -2.14. The molecule has 0 aliphatic rings. The topological polar surface area (TPSA) is 96.2 Å². The summed E-state index contributed by atoms with van der Waals surface area (Å²) in [4.78, 5) is 23.0. The zero-order chi connectivity index (χ0) is 15.2. The lowest BCUT2D eigenvalue weighted by Crippen LogP contribution is -2.44. The third kappa shape index (κ3) is 4.34. The van der Waals surface area contributed by atoms with Crippen LogP contribution < -0.4 is 10.6 Å². The standard InChI is InChI=1S/C14H16N4O3/c1-18-8-7-12(17-18)16-14(21)15-11(13(19)20)9-10-5-3-2-4-6-10/h2-8,11H,9H2,1H3,(H,19,20)(H2,15,16,17,21)/t11-/m1/s1. The van der Waals surface area contributed by atoms with Gasteiger partial charge in [0.2, 0.25) is 0 Å². The van der Waals surface area contributed by atoms with Crippen molar-refractivity contribution in [3.63, 3.8) is 0 Å². The molecule has 0 fully saturated rings. The fourth-order valence-electron chi connectivity index (χ4n) is 1.84. The Morgan fingerprint density at radius 3 is 2.57 bits per heavy atom. The maximum atomic E-state index is 11.8. The number of carboxylic acids is 1. The first-order chi connectivity index (χ1) is 10.0. The lowest BCUT2D eigenvalue weighted by atomic mass is 10.1. The van der Waals surface area contributed by atoms with Gasteiger partial charge in [-0.15, -0.1) is 0 Å². The van der Waals surface area contributed by atoms with Crippen LogP contribution in [-0.2, 0) is 18.3 Å². The summed E-state index contributed by atoms with van der Waals surface area (Å²) in [7, 11) is 1.72. The number of nitrogens with zero attached hydrogens (tertiary/aromatic N) is 2. The smallest absolute Gasteiger partial charge is 0.326 e. The van der Waals surface area contributed by atoms with Gasteiger partial charge < -0.3 is 10.4 Å². The van der Waals surface area contributed by atoms with Crippen LogP contribution in [0.15, 0.2) is 42.6 Å². The second kappa shape index (κ2) is 6.56. The number of carboxylic acid groups (broad SMARTS) is 1. The molecule has 0 saturated carbocycles. The summed E-state index contributed by atoms with van der Waals surface area (Å²) in [5.74, 6) is -0.728. The second-order valence-corrected chi connectivity index (χ2v) is 4.55. The van der Waals surface area contributed by atoms with Crippen molar-refractivity contribution in [2.75, 3.05) is 5.32 Å². The van der Waals surface area contributed by atoms with E-state index in [1.54, 1.807) is 19.3 Å². The van der Waals surface area contributed by atoms with Gasteiger partial charge in [-0.3, -0.25) is 10.00 Å². The van der Waals surface area contributed by atoms with Crippen LogP contribution in [0.5, 0.6) is 0 Å². The van der Waals surface area contributed by atoms with Gasteiger partial charge in [-0.1, -0.05) is 30.3 Å². The van der Waals surface area contributed by atoms with Gasteiger partial charge in [0.1, 0.15) is 6.04 Å². The highest BCUT2D eigenvalue weighted by atomic mass is 16.4. The normalized spacial score (nSPS) is 11.7. The van der Waals surface area contributed by atoms with Crippen LogP contribution in [0, 0.1) is 0 Å². The number of rotatable bonds is 5. The van der Waals surface area contributed by atoms with Crippen molar-refractivity contribution < 1.29 is 14.7 Å². The number of aromatic nitrogens is 2. The molecule has 21 heavy (non-hydrogen) atoms. The number of hydrogen-bond donors (Lipinski definition) is 3. The number of amides is 2. The largest absolute Gasteiger partial charge is 0.480 e. The number of urea groups is 1. The van der Waals surface area contributed by atoms with E-state index in [4.69, 9.17) is 0 Å². The molecule has 0 spiro atoms. The molecule has 0 unspecified atom stereocenters. The second-order valence-electron chi connectivity index (χ2n) is 4.55. The highest BCUT2D eigenvalue weighted by Gasteiger charge is 2.20. The molecular formula is C14H16N4O3. The molecule has 1 aromatic carbocycles. The fraction of sp³-hybridized carbons (Fsp3) is 0.214. The molecular weight excluding hydrogens is 272 g/mol. The monoisotopic (exact) mass is 288 g/mol. The van der Waals surface area contributed by atoms with E-state index in [9.17, 15) is 14.7 Å². The van der Waals surface area contributed by atoms with Gasteiger partial charge in [-0.2, -0.15) is 5.10 Å². The maximum absolute atomic E-state index is 11.8. The molecule has 2 rings (SSSR count). The summed E-state index contributed by atoms with van der Waals surface area (Å²) >= 11 is 0. The highest BCUT2D eigenvalue weighted by Crippen LogP contribution is 2.05. The Morgan fingerprint density at radius 2 is 2.00 bits per heavy atom. The molecule has 7 nitrogen and oxygen atoms in total. The molecule has 110 valence electrons. The van der Waals surface area contributed by atoms with E-state index in [1.807, 2.05) is 30.3 Å². The Hall–Kier alpha value is -2.83. The van der Waals surface area contributed by atoms with Gasteiger partial charge in [0.05, 0.1) is 0 Å². The van der Waals surface area contributed by atoms with Gasteiger partial charge in [-0.25, -0.2) is 9.59 Å². The van der Waals surface area contributed by atoms with Gasteiger partial charge in [-0.05, 0) is 5.56 Å². The molecule has 3 N–H and O–H groups in total. The number of carbonyl (C=O) groups is 2. The highest BCUT2D eigenvalue weighted by molar-refractivity contribution is 5.91. The third-order valence-electron chi connectivity index (χ3n) is 2.84. The minimum absolute atomic E-state index is 0.214. The number of aliphatic carboxylic acids is 1. The first-order valence-corrected chi connectivity index (χ1v) is 6.38. The summed E-state index contributed by atoms with van der Waals surface area (Å²) in [5, 5.41) is 18.1. The average molecular weight is 288 g/mol. The molecule has 0 saturated heterocycles. The molecule has 0 radical (unpaired) electrons. The van der Waals surface area contributed by atoms with E-state index in [2.05, 4.69) is 15.7 Å². The minimum Gasteiger partial charge on any atom is -0.480 e. The molecule has 1 atom stereocenters. The number of anilines is 1. The van der Waals surface area contributed by atoms with E-state index >= 15 is 0 Å². The third-order valence-corrected chi connectivity index (χ3v) is 2.84. The summed E-state index contributed by atoms with van der Waals surface area (Å²) in [6, 6.07) is 9.13. The number of carbonyl (C=O) groups excluding carboxylic acids is 1. The van der Waals surface area contributed by atoms with Gasteiger partial charge in [0.15, 0.2) is 5.82 Å². The predicted octanol–water partition coefficient (Wildman–Crippen LogP) is 1.24. The van der Waals surface area contributed by atoms with Crippen LogP contribution in [0.4, 0.5) is 10.6 Å². The Morgan fingerprint density at radius 1 is 1.29 bits per heavy atom. The van der Waals surface area contributed by atoms with Crippen LogP contribution in [0.3, 0.4) is 0 Å². The van der Waals surface area contributed by atoms with E-state index in [-0.39, 0.29) is 6.42 Å². The molecule has 2 aromatic rings. The van der Waals surface area contributed by atoms with E-state index in [0.29, 0.717) is 5.82 Å².